The summed E-state index contributed by atoms with van der Waals surface area (Å²) in [6, 6.07) is 7.48. The molecule has 0 spiro atoms. The number of carbonyl (C=O) groups excluding carboxylic acids is 2. The lowest BCUT2D eigenvalue weighted by Crippen LogP contribution is -2.49. The Hall–Kier alpha value is -3.17. The predicted molar refractivity (Wildman–Crippen MR) is 127 cm³/mol. The number of pyridine rings is 1. The van der Waals surface area contributed by atoms with Crippen LogP contribution in [0.2, 0.25) is 0 Å². The Morgan fingerprint density at radius 2 is 1.70 bits per heavy atom. The van der Waals surface area contributed by atoms with E-state index < -0.39 is 29.6 Å². The van der Waals surface area contributed by atoms with Gasteiger partial charge in [0.05, 0.1) is 11.0 Å². The van der Waals surface area contributed by atoms with Gasteiger partial charge in [0.25, 0.3) is 0 Å². The van der Waals surface area contributed by atoms with Crippen molar-refractivity contribution in [2.45, 2.75) is 39.3 Å². The first-order valence-corrected chi connectivity index (χ1v) is 11.3. The van der Waals surface area contributed by atoms with Crippen LogP contribution in [0.15, 0.2) is 48.8 Å². The molecule has 0 fully saturated rings. The molecule has 0 aliphatic rings. The van der Waals surface area contributed by atoms with Crippen molar-refractivity contribution in [1.82, 2.24) is 10.3 Å². The molecule has 2 atom stereocenters. The van der Waals surface area contributed by atoms with Gasteiger partial charge in [0.2, 0.25) is 11.8 Å². The van der Waals surface area contributed by atoms with E-state index in [-0.39, 0.29) is 11.8 Å². The summed E-state index contributed by atoms with van der Waals surface area (Å²) in [5, 5.41) is 6.06. The van der Waals surface area contributed by atoms with E-state index in [4.69, 9.17) is 5.73 Å². The second-order valence-corrected chi connectivity index (χ2v) is 9.24. The van der Waals surface area contributed by atoms with Crippen LogP contribution in [0, 0.1) is 17.6 Å². The van der Waals surface area contributed by atoms with Crippen LogP contribution in [0.25, 0.3) is 21.6 Å². The SMILES string of the molecule is CC(C)C[C@H](NC(=O)[C@H](C)N)C(=O)Nc1cc(-c2ccc(F)c(F)c2)c(-c2ccncc2)s1. The van der Waals surface area contributed by atoms with Crippen LogP contribution in [0.4, 0.5) is 13.8 Å². The highest BCUT2D eigenvalue weighted by Gasteiger charge is 2.24. The second kappa shape index (κ2) is 10.6. The Balaban J connectivity index is 1.95. The predicted octanol–water partition coefficient (Wildman–Crippen LogP) is 4.57. The molecule has 174 valence electrons. The lowest BCUT2D eigenvalue weighted by molar-refractivity contribution is -0.127. The van der Waals surface area contributed by atoms with E-state index in [2.05, 4.69) is 15.6 Å². The van der Waals surface area contributed by atoms with Crippen LogP contribution >= 0.6 is 11.3 Å². The molecule has 3 rings (SSSR count). The van der Waals surface area contributed by atoms with Gasteiger partial charge < -0.3 is 16.4 Å². The first kappa shape index (κ1) is 24.5. The number of benzene rings is 1. The van der Waals surface area contributed by atoms with Crippen molar-refractivity contribution >= 4 is 28.2 Å². The number of hydrogen-bond acceptors (Lipinski definition) is 5. The topological polar surface area (TPSA) is 97.1 Å². The molecule has 0 bridgehead atoms. The van der Waals surface area contributed by atoms with Crippen molar-refractivity contribution in [2.24, 2.45) is 11.7 Å². The molecule has 0 aliphatic heterocycles. The van der Waals surface area contributed by atoms with Gasteiger partial charge in [-0.25, -0.2) is 8.78 Å². The normalized spacial score (nSPS) is 12.9. The molecule has 0 saturated heterocycles. The average Bonchev–Trinajstić information content (AvgIpc) is 3.19. The number of aromatic nitrogens is 1. The molecule has 4 N–H and O–H groups in total. The van der Waals surface area contributed by atoms with Gasteiger partial charge in [-0.3, -0.25) is 14.6 Å². The summed E-state index contributed by atoms with van der Waals surface area (Å²) in [5.74, 6) is -2.53. The molecule has 9 heteroatoms. The van der Waals surface area contributed by atoms with Gasteiger partial charge in [0.1, 0.15) is 6.04 Å². The molecule has 2 heterocycles. The van der Waals surface area contributed by atoms with Crippen molar-refractivity contribution in [3.05, 3.63) is 60.4 Å². The quantitative estimate of drug-likeness (QED) is 0.447. The fraction of sp³-hybridized carbons (Fsp3) is 0.292. The smallest absolute Gasteiger partial charge is 0.247 e. The zero-order chi connectivity index (χ0) is 24.1. The van der Waals surface area contributed by atoms with Gasteiger partial charge in [-0.1, -0.05) is 19.9 Å². The van der Waals surface area contributed by atoms with Crippen LogP contribution < -0.4 is 16.4 Å². The number of anilines is 1. The van der Waals surface area contributed by atoms with Gasteiger partial charge >= 0.3 is 0 Å². The van der Waals surface area contributed by atoms with Gasteiger partial charge in [-0.15, -0.1) is 11.3 Å². The zero-order valence-corrected chi connectivity index (χ0v) is 19.4. The van der Waals surface area contributed by atoms with Gasteiger partial charge in [-0.05, 0) is 60.7 Å². The third-order valence-electron chi connectivity index (χ3n) is 4.91. The van der Waals surface area contributed by atoms with Crippen molar-refractivity contribution in [3.63, 3.8) is 0 Å². The fourth-order valence-corrected chi connectivity index (χ4v) is 4.35. The molecule has 3 aromatic rings. The summed E-state index contributed by atoms with van der Waals surface area (Å²) in [5.41, 5.74) is 7.57. The van der Waals surface area contributed by atoms with E-state index in [1.807, 2.05) is 13.8 Å². The number of nitrogens with zero attached hydrogens (tertiary/aromatic N) is 1. The molecule has 1 aromatic carbocycles. The van der Waals surface area contributed by atoms with Crippen LogP contribution in [-0.2, 0) is 9.59 Å². The molecule has 0 saturated carbocycles. The maximum Gasteiger partial charge on any atom is 0.247 e. The lowest BCUT2D eigenvalue weighted by Gasteiger charge is -2.20. The van der Waals surface area contributed by atoms with Crippen molar-refractivity contribution in [1.29, 1.82) is 0 Å². The summed E-state index contributed by atoms with van der Waals surface area (Å²) < 4.78 is 27.4. The third kappa shape index (κ3) is 6.21. The molecule has 0 unspecified atom stereocenters. The number of nitrogens with two attached hydrogens (primary N) is 1. The molecule has 6 nitrogen and oxygen atoms in total. The number of halogens is 2. The molecule has 0 aliphatic carbocycles. The zero-order valence-electron chi connectivity index (χ0n) is 18.6. The molecule has 0 radical (unpaired) electrons. The maximum absolute atomic E-state index is 13.9. The highest BCUT2D eigenvalue weighted by atomic mass is 32.1. The first-order valence-electron chi connectivity index (χ1n) is 10.5. The van der Waals surface area contributed by atoms with Gasteiger partial charge in [0.15, 0.2) is 11.6 Å². The summed E-state index contributed by atoms with van der Waals surface area (Å²) in [4.78, 5) is 29.9. The number of carbonyl (C=O) groups is 2. The van der Waals surface area contributed by atoms with Crippen molar-refractivity contribution in [3.8, 4) is 21.6 Å². The summed E-state index contributed by atoms with van der Waals surface area (Å²) in [6.07, 6.45) is 3.69. The number of hydrogen-bond donors (Lipinski definition) is 3. The van der Waals surface area contributed by atoms with Crippen LogP contribution in [0.1, 0.15) is 27.2 Å². The van der Waals surface area contributed by atoms with E-state index in [0.29, 0.717) is 22.5 Å². The first-order chi connectivity index (χ1) is 15.7. The van der Waals surface area contributed by atoms with Crippen LogP contribution in [0.3, 0.4) is 0 Å². The maximum atomic E-state index is 13.9. The average molecular weight is 473 g/mol. The summed E-state index contributed by atoms with van der Waals surface area (Å²) in [6.45, 7) is 5.45. The Kier molecular flexibility index (Phi) is 7.88. The monoisotopic (exact) mass is 472 g/mol. The fourth-order valence-electron chi connectivity index (χ4n) is 3.26. The van der Waals surface area contributed by atoms with E-state index in [1.165, 1.54) is 17.4 Å². The highest BCUT2D eigenvalue weighted by molar-refractivity contribution is 7.20. The second-order valence-electron chi connectivity index (χ2n) is 8.19. The lowest BCUT2D eigenvalue weighted by atomic mass is 10.0. The largest absolute Gasteiger partial charge is 0.343 e. The van der Waals surface area contributed by atoms with Gasteiger partial charge in [-0.2, -0.15) is 0 Å². The van der Waals surface area contributed by atoms with Crippen molar-refractivity contribution < 1.29 is 18.4 Å². The molecular formula is C24H26F2N4O2S. The van der Waals surface area contributed by atoms with Gasteiger partial charge in [0, 0.05) is 22.8 Å². The third-order valence-corrected chi connectivity index (χ3v) is 6.00. The summed E-state index contributed by atoms with van der Waals surface area (Å²) in [7, 11) is 0. The standard InChI is InChI=1S/C24H26F2N4O2S/c1-13(2)10-20(29-23(31)14(3)27)24(32)30-21-12-17(16-4-5-18(25)19(26)11-16)22(33-21)15-6-8-28-9-7-15/h4-9,11-14,20H,10,27H2,1-3H3,(H,29,31)(H,30,32)/t14-,20-/m0/s1. The van der Waals surface area contributed by atoms with Crippen LogP contribution in [0.5, 0.6) is 0 Å². The van der Waals surface area contributed by atoms with E-state index >= 15 is 0 Å². The highest BCUT2D eigenvalue weighted by Crippen LogP contribution is 2.42. The molecular weight excluding hydrogens is 446 g/mol. The van der Waals surface area contributed by atoms with Crippen molar-refractivity contribution in [2.75, 3.05) is 5.32 Å². The van der Waals surface area contributed by atoms with E-state index in [1.54, 1.807) is 37.5 Å². The van der Waals surface area contributed by atoms with E-state index in [0.717, 1.165) is 22.6 Å². The Labute approximate surface area is 195 Å². The number of nitrogens with one attached hydrogen (secondary N) is 2. The van der Waals surface area contributed by atoms with E-state index in [9.17, 15) is 18.4 Å². The minimum atomic E-state index is -0.958. The Morgan fingerprint density at radius 1 is 1.00 bits per heavy atom. The van der Waals surface area contributed by atoms with Crippen LogP contribution in [-0.4, -0.2) is 28.9 Å². The molecule has 2 aromatic heterocycles. The molecule has 33 heavy (non-hydrogen) atoms. The number of amides is 2. The number of thiophene rings is 1. The Bertz CT molecular complexity index is 1130. The molecule has 2 amide bonds. The Morgan fingerprint density at radius 3 is 2.30 bits per heavy atom. The summed E-state index contributed by atoms with van der Waals surface area (Å²) >= 11 is 1.29. The number of rotatable bonds is 8. The minimum Gasteiger partial charge on any atom is -0.343 e. The minimum absolute atomic E-state index is 0.155.